The Balaban J connectivity index is 1.63. The molecule has 3 heterocycles. The third-order valence-corrected chi connectivity index (χ3v) is 5.24. The van der Waals surface area contributed by atoms with Crippen molar-refractivity contribution in [3.8, 4) is 0 Å². The van der Waals surface area contributed by atoms with E-state index in [1.165, 1.54) is 13.3 Å². The van der Waals surface area contributed by atoms with Crippen molar-refractivity contribution in [2.24, 2.45) is 0 Å². The maximum Gasteiger partial charge on any atom is 0.337 e. The van der Waals surface area contributed by atoms with Crippen molar-refractivity contribution in [3.63, 3.8) is 0 Å². The third-order valence-electron chi connectivity index (χ3n) is 4.96. The normalized spacial score (nSPS) is 15.8. The summed E-state index contributed by atoms with van der Waals surface area (Å²) in [5, 5.41) is 0.238. The van der Waals surface area contributed by atoms with Gasteiger partial charge < -0.3 is 14.5 Å². The Labute approximate surface area is 161 Å². The molecular weight excluding hydrogens is 368 g/mol. The summed E-state index contributed by atoms with van der Waals surface area (Å²) in [6, 6.07) is 5.20. The Kier molecular flexibility index (Phi) is 4.70. The zero-order valence-electron chi connectivity index (χ0n) is 14.9. The molecule has 0 unspecified atom stereocenters. The summed E-state index contributed by atoms with van der Waals surface area (Å²) in [5.41, 5.74) is 2.38. The van der Waals surface area contributed by atoms with E-state index in [0.717, 1.165) is 37.2 Å². The van der Waals surface area contributed by atoms with Gasteiger partial charge in [0.05, 0.1) is 23.9 Å². The first-order valence-electron chi connectivity index (χ1n) is 8.89. The number of ether oxygens (including phenoxy) is 1. The number of halogens is 1. The van der Waals surface area contributed by atoms with Crippen molar-refractivity contribution in [2.45, 2.75) is 19.3 Å². The Morgan fingerprint density at radius 1 is 1.19 bits per heavy atom. The molecule has 4 rings (SSSR count). The van der Waals surface area contributed by atoms with E-state index in [-0.39, 0.29) is 16.6 Å². The highest BCUT2D eigenvalue weighted by Gasteiger charge is 2.29. The number of fused-ring (bicyclic) bond motifs is 1. The van der Waals surface area contributed by atoms with Crippen LogP contribution in [0.3, 0.4) is 0 Å². The second-order valence-electron chi connectivity index (χ2n) is 6.60. The average molecular weight is 387 g/mol. The number of benzene rings is 1. The first kappa shape index (κ1) is 17.7. The molecule has 27 heavy (non-hydrogen) atoms. The number of carbonyl (C=O) groups excluding carboxylic acids is 2. The molecule has 2 aliphatic heterocycles. The van der Waals surface area contributed by atoms with Crippen LogP contribution in [0.1, 0.15) is 39.3 Å². The van der Waals surface area contributed by atoms with Crippen LogP contribution in [0.5, 0.6) is 0 Å². The maximum absolute atomic E-state index is 13.1. The van der Waals surface area contributed by atoms with Gasteiger partial charge in [0.15, 0.2) is 5.69 Å². The number of anilines is 2. The summed E-state index contributed by atoms with van der Waals surface area (Å²) in [4.78, 5) is 37.3. The van der Waals surface area contributed by atoms with Gasteiger partial charge in [-0.1, -0.05) is 11.6 Å². The van der Waals surface area contributed by atoms with Crippen molar-refractivity contribution in [2.75, 3.05) is 36.5 Å². The van der Waals surface area contributed by atoms with Gasteiger partial charge in [-0.15, -0.1) is 0 Å². The Morgan fingerprint density at radius 3 is 2.70 bits per heavy atom. The summed E-state index contributed by atoms with van der Waals surface area (Å²) < 4.78 is 4.76. The fraction of sp³-hybridized carbons (Fsp3) is 0.368. The first-order chi connectivity index (χ1) is 13.1. The summed E-state index contributed by atoms with van der Waals surface area (Å²) in [6.45, 7) is 2.29. The van der Waals surface area contributed by atoms with Gasteiger partial charge in [-0.3, -0.25) is 4.79 Å². The number of esters is 1. The predicted octanol–water partition coefficient (Wildman–Crippen LogP) is 2.72. The van der Waals surface area contributed by atoms with Gasteiger partial charge in [-0.2, -0.15) is 0 Å². The van der Waals surface area contributed by atoms with E-state index >= 15 is 0 Å². The van der Waals surface area contributed by atoms with E-state index in [2.05, 4.69) is 14.9 Å². The van der Waals surface area contributed by atoms with E-state index in [1.54, 1.807) is 23.1 Å². The molecule has 0 radical (unpaired) electrons. The molecule has 7 nitrogen and oxygen atoms in total. The highest BCUT2D eigenvalue weighted by molar-refractivity contribution is 6.34. The van der Waals surface area contributed by atoms with Crippen LogP contribution < -0.4 is 9.80 Å². The molecular formula is C19H19ClN4O3. The largest absolute Gasteiger partial charge is 0.465 e. The van der Waals surface area contributed by atoms with Crippen LogP contribution in [0.4, 0.5) is 11.6 Å². The van der Waals surface area contributed by atoms with Gasteiger partial charge in [0, 0.05) is 25.3 Å². The number of carbonyl (C=O) groups is 2. The van der Waals surface area contributed by atoms with Crippen LogP contribution >= 0.6 is 11.6 Å². The molecule has 2 aliphatic rings. The highest BCUT2D eigenvalue weighted by atomic mass is 35.5. The highest BCUT2D eigenvalue weighted by Crippen LogP contribution is 2.31. The van der Waals surface area contributed by atoms with E-state index in [4.69, 9.17) is 16.3 Å². The molecule has 0 saturated carbocycles. The van der Waals surface area contributed by atoms with Crippen LogP contribution in [0, 0.1) is 0 Å². The molecule has 0 N–H and O–H groups in total. The molecule has 0 bridgehead atoms. The second kappa shape index (κ2) is 7.15. The molecule has 8 heteroatoms. The van der Waals surface area contributed by atoms with Crippen LogP contribution in [-0.4, -0.2) is 48.6 Å². The second-order valence-corrected chi connectivity index (χ2v) is 7.01. The van der Waals surface area contributed by atoms with Crippen molar-refractivity contribution in [3.05, 3.63) is 46.2 Å². The maximum atomic E-state index is 13.1. The molecule has 0 aliphatic carbocycles. The molecule has 2 aromatic rings. The standard InChI is InChI=1S/C19H19ClN4O3/c1-27-18(26)13-4-5-15-12(10-13)6-9-24(15)17(25)16-14(20)11-21-19(22-16)23-7-2-3-8-23/h4-5,10-11H,2-3,6-9H2,1H3. The lowest BCUT2D eigenvalue weighted by Crippen LogP contribution is -2.31. The molecule has 140 valence electrons. The molecule has 1 aromatic carbocycles. The number of methoxy groups -OCH3 is 1. The zero-order valence-corrected chi connectivity index (χ0v) is 15.7. The summed E-state index contributed by atoms with van der Waals surface area (Å²) in [6.07, 6.45) is 4.34. The van der Waals surface area contributed by atoms with Gasteiger partial charge >= 0.3 is 5.97 Å². The Bertz CT molecular complexity index is 912. The SMILES string of the molecule is COC(=O)c1ccc2c(c1)CCN2C(=O)c1nc(N2CCCC2)ncc1Cl. The number of aromatic nitrogens is 2. The van der Waals surface area contributed by atoms with Crippen molar-refractivity contribution in [1.82, 2.24) is 9.97 Å². The minimum atomic E-state index is -0.392. The summed E-state index contributed by atoms with van der Waals surface area (Å²) >= 11 is 6.24. The first-order valence-corrected chi connectivity index (χ1v) is 9.27. The van der Waals surface area contributed by atoms with Crippen LogP contribution in [-0.2, 0) is 11.2 Å². The van der Waals surface area contributed by atoms with E-state index in [9.17, 15) is 9.59 Å². The smallest absolute Gasteiger partial charge is 0.337 e. The molecule has 1 aromatic heterocycles. The van der Waals surface area contributed by atoms with Crippen molar-refractivity contribution < 1.29 is 14.3 Å². The monoisotopic (exact) mass is 386 g/mol. The van der Waals surface area contributed by atoms with E-state index in [1.807, 2.05) is 0 Å². The van der Waals surface area contributed by atoms with Gasteiger partial charge in [0.2, 0.25) is 5.95 Å². The average Bonchev–Trinajstić information content (AvgIpc) is 3.36. The molecule has 1 amide bonds. The topological polar surface area (TPSA) is 75.6 Å². The quantitative estimate of drug-likeness (QED) is 0.755. The lowest BCUT2D eigenvalue weighted by molar-refractivity contribution is 0.0600. The predicted molar refractivity (Wildman–Crippen MR) is 102 cm³/mol. The number of hydrogen-bond donors (Lipinski definition) is 0. The van der Waals surface area contributed by atoms with Gasteiger partial charge in [-0.05, 0) is 43.0 Å². The van der Waals surface area contributed by atoms with Gasteiger partial charge in [0.25, 0.3) is 5.91 Å². The number of rotatable bonds is 3. The number of amides is 1. The minimum Gasteiger partial charge on any atom is -0.465 e. The fourth-order valence-corrected chi connectivity index (χ4v) is 3.73. The lowest BCUT2D eigenvalue weighted by Gasteiger charge is -2.20. The summed E-state index contributed by atoms with van der Waals surface area (Å²) in [7, 11) is 1.35. The van der Waals surface area contributed by atoms with E-state index < -0.39 is 5.97 Å². The van der Waals surface area contributed by atoms with Gasteiger partial charge in [-0.25, -0.2) is 14.8 Å². The molecule has 0 spiro atoms. The van der Waals surface area contributed by atoms with Crippen molar-refractivity contribution >= 4 is 35.1 Å². The number of nitrogens with zero attached hydrogens (tertiary/aromatic N) is 4. The lowest BCUT2D eigenvalue weighted by atomic mass is 10.1. The van der Waals surface area contributed by atoms with E-state index in [0.29, 0.717) is 24.5 Å². The minimum absolute atomic E-state index is 0.207. The Hall–Kier alpha value is -2.67. The third kappa shape index (κ3) is 3.23. The fourth-order valence-electron chi connectivity index (χ4n) is 3.56. The summed E-state index contributed by atoms with van der Waals surface area (Å²) in [5.74, 6) is -0.107. The molecule has 0 atom stereocenters. The van der Waals surface area contributed by atoms with Crippen LogP contribution in [0.2, 0.25) is 5.02 Å². The Morgan fingerprint density at radius 2 is 1.96 bits per heavy atom. The zero-order chi connectivity index (χ0) is 19.0. The van der Waals surface area contributed by atoms with Crippen molar-refractivity contribution in [1.29, 1.82) is 0 Å². The number of hydrogen-bond acceptors (Lipinski definition) is 6. The van der Waals surface area contributed by atoms with Crippen LogP contribution in [0.15, 0.2) is 24.4 Å². The molecule has 1 fully saturated rings. The molecule has 1 saturated heterocycles. The van der Waals surface area contributed by atoms with Gasteiger partial charge in [0.1, 0.15) is 0 Å². The van der Waals surface area contributed by atoms with Crippen LogP contribution in [0.25, 0.3) is 0 Å².